The zero-order chi connectivity index (χ0) is 15.9. The third-order valence-electron chi connectivity index (χ3n) is 3.31. The fraction of sp³-hybridized carbons (Fsp3) is 0.867. The first-order chi connectivity index (χ1) is 10.1. The first kappa shape index (κ1) is 24.1. The second kappa shape index (κ2) is 17.2. The number of carboxylic acid groups (broad SMARTS) is 1. The summed E-state index contributed by atoms with van der Waals surface area (Å²) in [7, 11) is 0. The molecule has 0 aliphatic rings. The van der Waals surface area contributed by atoms with Gasteiger partial charge in [0.05, 0.1) is 6.61 Å². The van der Waals surface area contributed by atoms with E-state index in [1.165, 1.54) is 19.3 Å². The quantitative estimate of drug-likeness (QED) is 0.261. The molecule has 0 atom stereocenters. The second-order valence-corrected chi connectivity index (χ2v) is 5.20. The van der Waals surface area contributed by atoms with E-state index >= 15 is 0 Å². The molecule has 0 aromatic heterocycles. The van der Waals surface area contributed by atoms with Crippen molar-refractivity contribution in [2.24, 2.45) is 0 Å². The fourth-order valence-electron chi connectivity index (χ4n) is 2.06. The monoisotopic (exact) mass is 324 g/mol. The van der Waals surface area contributed by atoms with Crippen LogP contribution in [0.3, 0.4) is 0 Å². The summed E-state index contributed by atoms with van der Waals surface area (Å²) in [5.41, 5.74) is 0. The van der Waals surface area contributed by atoms with Crippen LogP contribution in [-0.4, -0.2) is 54.7 Å². The van der Waals surface area contributed by atoms with Gasteiger partial charge in [-0.2, -0.15) is 0 Å². The Bertz CT molecular complexity index is 291. The minimum absolute atomic E-state index is 0. The van der Waals surface area contributed by atoms with Crippen LogP contribution in [0.5, 0.6) is 0 Å². The van der Waals surface area contributed by atoms with E-state index in [4.69, 9.17) is 5.11 Å². The molecule has 0 saturated carbocycles. The van der Waals surface area contributed by atoms with Crippen LogP contribution >= 0.6 is 0 Å². The van der Waals surface area contributed by atoms with Crippen LogP contribution in [0.25, 0.3) is 0 Å². The summed E-state index contributed by atoms with van der Waals surface area (Å²) in [5.74, 6) is -1.07. The number of hydrogen-bond acceptors (Lipinski definition) is 5. The van der Waals surface area contributed by atoms with E-state index in [0.717, 1.165) is 12.8 Å². The van der Waals surface area contributed by atoms with Crippen LogP contribution in [-0.2, 0) is 9.59 Å². The average molecular weight is 324 g/mol. The van der Waals surface area contributed by atoms with Gasteiger partial charge in [-0.05, 0) is 12.8 Å². The van der Waals surface area contributed by atoms with Crippen LogP contribution in [0, 0.1) is 0 Å². The SMILES string of the molecule is CCCCCCCC(=O)NCCN(CCO)CCC(=O)[O-].[Na+]. The van der Waals surface area contributed by atoms with Crippen LogP contribution in [0.15, 0.2) is 0 Å². The molecular formula is C15H29N2NaO4. The van der Waals surface area contributed by atoms with Crippen molar-refractivity contribution in [3.05, 3.63) is 0 Å². The summed E-state index contributed by atoms with van der Waals surface area (Å²) in [6.45, 7) is 3.87. The van der Waals surface area contributed by atoms with Crippen molar-refractivity contribution in [1.82, 2.24) is 10.2 Å². The predicted octanol–water partition coefficient (Wildman–Crippen LogP) is -3.10. The molecule has 0 radical (unpaired) electrons. The molecule has 0 bridgehead atoms. The Morgan fingerprint density at radius 1 is 1.05 bits per heavy atom. The van der Waals surface area contributed by atoms with Crippen molar-refractivity contribution in [2.45, 2.75) is 51.9 Å². The first-order valence-corrected chi connectivity index (χ1v) is 7.90. The molecule has 0 heterocycles. The molecule has 0 aromatic carbocycles. The molecule has 1 amide bonds. The minimum atomic E-state index is -1.10. The summed E-state index contributed by atoms with van der Waals surface area (Å²) in [6.07, 6.45) is 6.07. The van der Waals surface area contributed by atoms with Crippen LogP contribution in [0.4, 0.5) is 0 Å². The first-order valence-electron chi connectivity index (χ1n) is 7.90. The van der Waals surface area contributed by atoms with E-state index < -0.39 is 5.97 Å². The molecule has 124 valence electrons. The number of nitrogens with zero attached hydrogens (tertiary/aromatic N) is 1. The summed E-state index contributed by atoms with van der Waals surface area (Å²) >= 11 is 0. The molecule has 0 unspecified atom stereocenters. The number of aliphatic hydroxyl groups excluding tert-OH is 1. The number of amides is 1. The van der Waals surface area contributed by atoms with Crippen molar-refractivity contribution in [2.75, 3.05) is 32.8 Å². The van der Waals surface area contributed by atoms with Gasteiger partial charge in [-0.3, -0.25) is 9.69 Å². The number of nitrogens with one attached hydrogen (secondary N) is 1. The number of carboxylic acids is 1. The molecule has 0 aromatic rings. The molecule has 0 rings (SSSR count). The van der Waals surface area contributed by atoms with Crippen molar-refractivity contribution < 1.29 is 49.4 Å². The van der Waals surface area contributed by atoms with Gasteiger partial charge in [0.25, 0.3) is 0 Å². The third-order valence-corrected chi connectivity index (χ3v) is 3.31. The van der Waals surface area contributed by atoms with E-state index in [-0.39, 0.29) is 48.5 Å². The maximum absolute atomic E-state index is 11.6. The van der Waals surface area contributed by atoms with Gasteiger partial charge >= 0.3 is 29.6 Å². The Hall–Kier alpha value is -0.140. The zero-order valence-corrected chi connectivity index (χ0v) is 16.1. The molecule has 22 heavy (non-hydrogen) atoms. The van der Waals surface area contributed by atoms with E-state index in [1.807, 2.05) is 0 Å². The van der Waals surface area contributed by atoms with E-state index in [0.29, 0.717) is 32.6 Å². The molecule has 0 fully saturated rings. The summed E-state index contributed by atoms with van der Waals surface area (Å²) in [6, 6.07) is 0. The van der Waals surface area contributed by atoms with Gasteiger partial charge in [0.1, 0.15) is 0 Å². The van der Waals surface area contributed by atoms with Gasteiger partial charge < -0.3 is 20.3 Å². The van der Waals surface area contributed by atoms with Gasteiger partial charge in [-0.15, -0.1) is 0 Å². The summed E-state index contributed by atoms with van der Waals surface area (Å²) in [4.78, 5) is 23.8. The summed E-state index contributed by atoms with van der Waals surface area (Å²) < 4.78 is 0. The van der Waals surface area contributed by atoms with E-state index in [1.54, 1.807) is 4.90 Å². The van der Waals surface area contributed by atoms with Gasteiger partial charge in [0.15, 0.2) is 0 Å². The molecular weight excluding hydrogens is 295 g/mol. The van der Waals surface area contributed by atoms with Crippen molar-refractivity contribution in [1.29, 1.82) is 0 Å². The molecule has 2 N–H and O–H groups in total. The van der Waals surface area contributed by atoms with Crippen LogP contribution in [0.1, 0.15) is 51.9 Å². The third kappa shape index (κ3) is 16.2. The molecule has 7 heteroatoms. The van der Waals surface area contributed by atoms with Crippen molar-refractivity contribution in [3.63, 3.8) is 0 Å². The minimum Gasteiger partial charge on any atom is -0.550 e. The van der Waals surface area contributed by atoms with Crippen LogP contribution in [0.2, 0.25) is 0 Å². The Kier molecular flexibility index (Phi) is 18.9. The maximum atomic E-state index is 11.6. The maximum Gasteiger partial charge on any atom is 1.00 e. The zero-order valence-electron chi connectivity index (χ0n) is 14.1. The number of carbonyl (C=O) groups is 2. The van der Waals surface area contributed by atoms with Gasteiger partial charge in [0.2, 0.25) is 5.91 Å². The fourth-order valence-corrected chi connectivity index (χ4v) is 2.06. The van der Waals surface area contributed by atoms with E-state index in [2.05, 4.69) is 12.2 Å². The Balaban J connectivity index is 0. The molecule has 0 saturated heterocycles. The van der Waals surface area contributed by atoms with Crippen molar-refractivity contribution >= 4 is 11.9 Å². The molecule has 0 aliphatic heterocycles. The average Bonchev–Trinajstić information content (AvgIpc) is 2.44. The van der Waals surface area contributed by atoms with Gasteiger partial charge in [-0.25, -0.2) is 0 Å². The smallest absolute Gasteiger partial charge is 0.550 e. The van der Waals surface area contributed by atoms with Crippen LogP contribution < -0.4 is 40.0 Å². The molecule has 6 nitrogen and oxygen atoms in total. The largest absolute Gasteiger partial charge is 1.00 e. The Labute approximate surface area is 155 Å². The topological polar surface area (TPSA) is 92.7 Å². The molecule has 0 aliphatic carbocycles. The summed E-state index contributed by atoms with van der Waals surface area (Å²) in [5, 5.41) is 22.1. The Morgan fingerprint density at radius 2 is 1.73 bits per heavy atom. The van der Waals surface area contributed by atoms with Gasteiger partial charge in [-0.1, -0.05) is 32.6 Å². The number of hydrogen-bond donors (Lipinski definition) is 2. The number of carbonyl (C=O) groups excluding carboxylic acids is 2. The van der Waals surface area contributed by atoms with E-state index in [9.17, 15) is 14.7 Å². The number of unbranched alkanes of at least 4 members (excludes halogenated alkanes) is 4. The molecule has 0 spiro atoms. The number of rotatable bonds is 14. The normalized spacial score (nSPS) is 10.3. The number of aliphatic carboxylic acids is 1. The predicted molar refractivity (Wildman–Crippen MR) is 79.5 cm³/mol. The van der Waals surface area contributed by atoms with Gasteiger partial charge in [0, 0.05) is 38.6 Å². The standard InChI is InChI=1S/C15H30N2O4.Na/c1-2-3-4-5-6-7-14(19)16-9-11-17(12-13-18)10-8-15(20)21;/h18H,2-13H2,1H3,(H,16,19)(H,20,21);/q;+1/p-1. The number of aliphatic hydroxyl groups is 1. The second-order valence-electron chi connectivity index (χ2n) is 5.20. The Morgan fingerprint density at radius 3 is 2.32 bits per heavy atom. The van der Waals surface area contributed by atoms with Crippen molar-refractivity contribution in [3.8, 4) is 0 Å².